The van der Waals surface area contributed by atoms with Gasteiger partial charge < -0.3 is 25.4 Å². The van der Waals surface area contributed by atoms with Gasteiger partial charge in [0.1, 0.15) is 17.8 Å². The Balaban J connectivity index is 1.77. The van der Waals surface area contributed by atoms with Crippen LogP contribution in [-0.2, 0) is 11.8 Å². The van der Waals surface area contributed by atoms with Crippen LogP contribution in [0.1, 0.15) is 17.5 Å². The van der Waals surface area contributed by atoms with E-state index < -0.39 is 23.2 Å². The first-order chi connectivity index (χ1) is 10.5. The molecule has 1 aromatic rings. The molecule has 0 radical (unpaired) electrons. The van der Waals surface area contributed by atoms with Gasteiger partial charge in [-0.15, -0.1) is 0 Å². The zero-order valence-corrected chi connectivity index (χ0v) is 11.9. The number of hydrogen-bond donors (Lipinski definition) is 4. The third-order valence-corrected chi connectivity index (χ3v) is 6.86. The lowest BCUT2D eigenvalue weighted by Gasteiger charge is -2.50. The van der Waals surface area contributed by atoms with Crippen molar-refractivity contribution in [2.24, 2.45) is 5.41 Å². The highest BCUT2D eigenvalue weighted by atomic mass is 16.5. The summed E-state index contributed by atoms with van der Waals surface area (Å²) in [4.78, 5) is 0. The van der Waals surface area contributed by atoms with Crippen LogP contribution in [0.2, 0.25) is 0 Å². The first-order valence-corrected chi connectivity index (χ1v) is 7.87. The number of aliphatic hydroxyl groups is 2. The minimum Gasteiger partial charge on any atom is -0.504 e. The molecule has 2 bridgehead atoms. The van der Waals surface area contributed by atoms with E-state index in [4.69, 9.17) is 4.74 Å². The van der Waals surface area contributed by atoms with Gasteiger partial charge in [-0.25, -0.2) is 0 Å². The molecule has 2 spiro atoms. The Kier molecular flexibility index (Phi) is 1.66. The molecule has 1 aromatic carbocycles. The van der Waals surface area contributed by atoms with Crippen molar-refractivity contribution in [3.63, 3.8) is 0 Å². The van der Waals surface area contributed by atoms with Crippen molar-refractivity contribution in [2.45, 2.75) is 42.1 Å². The molecular formula is C17H17NO4. The topological polar surface area (TPSA) is 82.0 Å². The summed E-state index contributed by atoms with van der Waals surface area (Å²) in [7, 11) is 0. The number of phenolic OH excluding ortho intramolecular Hbond substituents is 1. The standard InChI is InChI=1S/C17H17NO4/c19-9-2-1-8-5-15-6-16-11(8)12(9)22-13(16)10(20)3-4-17(16,21)14(15)18-7-15/h1-4,10,13-14,18-21H,5-7H2/t10-,13-,14+,15?,16-,17+/m0/s1. The molecule has 114 valence electrons. The average Bonchev–Trinajstić information content (AvgIpc) is 2.89. The van der Waals surface area contributed by atoms with Crippen molar-refractivity contribution >= 4 is 0 Å². The summed E-state index contributed by atoms with van der Waals surface area (Å²) in [5.74, 6) is 0.556. The number of aliphatic hydroxyl groups excluding tert-OH is 1. The molecular weight excluding hydrogens is 282 g/mol. The minimum absolute atomic E-state index is 0.0182. The largest absolute Gasteiger partial charge is 0.504 e. The van der Waals surface area contributed by atoms with E-state index in [-0.39, 0.29) is 17.2 Å². The summed E-state index contributed by atoms with van der Waals surface area (Å²) in [6.45, 7) is 0.883. The summed E-state index contributed by atoms with van der Waals surface area (Å²) in [6.07, 6.45) is 3.79. The van der Waals surface area contributed by atoms with E-state index in [1.807, 2.05) is 6.07 Å². The van der Waals surface area contributed by atoms with Gasteiger partial charge in [-0.2, -0.15) is 0 Å². The molecule has 2 aliphatic heterocycles. The molecule has 5 aliphatic rings. The van der Waals surface area contributed by atoms with Crippen LogP contribution < -0.4 is 10.1 Å². The lowest BCUT2D eigenvalue weighted by atomic mass is 9.59. The number of hydrogen-bond acceptors (Lipinski definition) is 5. The number of phenols is 1. The van der Waals surface area contributed by atoms with Gasteiger partial charge in [0.05, 0.1) is 5.41 Å². The number of rotatable bonds is 0. The van der Waals surface area contributed by atoms with E-state index in [1.54, 1.807) is 18.2 Å². The quantitative estimate of drug-likeness (QED) is 0.506. The third-order valence-electron chi connectivity index (χ3n) is 6.86. The Morgan fingerprint density at radius 2 is 2.18 bits per heavy atom. The van der Waals surface area contributed by atoms with Gasteiger partial charge in [-0.1, -0.05) is 18.2 Å². The van der Waals surface area contributed by atoms with Crippen molar-refractivity contribution in [1.29, 1.82) is 0 Å². The van der Waals surface area contributed by atoms with Crippen molar-refractivity contribution in [2.75, 3.05) is 6.54 Å². The first-order valence-electron chi connectivity index (χ1n) is 7.87. The number of fused-ring (bicyclic) bond motifs is 1. The van der Waals surface area contributed by atoms with Gasteiger partial charge in [0.15, 0.2) is 11.5 Å². The zero-order chi connectivity index (χ0) is 14.9. The Hall–Kier alpha value is -1.56. The summed E-state index contributed by atoms with van der Waals surface area (Å²) < 4.78 is 6.01. The molecule has 5 heteroatoms. The van der Waals surface area contributed by atoms with Gasteiger partial charge >= 0.3 is 0 Å². The highest BCUT2D eigenvalue weighted by Crippen LogP contribution is 2.72. The van der Waals surface area contributed by atoms with Gasteiger partial charge in [-0.05, 0) is 24.5 Å². The second-order valence-corrected chi connectivity index (χ2v) is 7.66. The number of aromatic hydroxyl groups is 1. The van der Waals surface area contributed by atoms with Gasteiger partial charge in [0.25, 0.3) is 0 Å². The first kappa shape index (κ1) is 11.9. The zero-order valence-electron chi connectivity index (χ0n) is 11.9. The molecule has 0 amide bonds. The molecule has 4 N–H and O–H groups in total. The molecule has 2 fully saturated rings. The highest BCUT2D eigenvalue weighted by Gasteiger charge is 2.80. The molecule has 3 aliphatic carbocycles. The molecule has 6 rings (SSSR count). The van der Waals surface area contributed by atoms with Gasteiger partial charge in [0.2, 0.25) is 0 Å². The monoisotopic (exact) mass is 299 g/mol. The van der Waals surface area contributed by atoms with Crippen LogP contribution >= 0.6 is 0 Å². The molecule has 22 heavy (non-hydrogen) atoms. The summed E-state index contributed by atoms with van der Waals surface area (Å²) >= 11 is 0. The van der Waals surface area contributed by atoms with Crippen LogP contribution in [0.4, 0.5) is 0 Å². The molecule has 5 nitrogen and oxygen atoms in total. The van der Waals surface area contributed by atoms with Crippen LogP contribution in [0.3, 0.4) is 0 Å². The fourth-order valence-corrected chi connectivity index (χ4v) is 6.15. The van der Waals surface area contributed by atoms with Crippen LogP contribution in [0, 0.1) is 5.41 Å². The predicted octanol–water partition coefficient (Wildman–Crippen LogP) is -0.0292. The van der Waals surface area contributed by atoms with E-state index in [9.17, 15) is 15.3 Å². The van der Waals surface area contributed by atoms with E-state index in [0.29, 0.717) is 5.75 Å². The number of nitrogens with one attached hydrogen (secondary N) is 1. The summed E-state index contributed by atoms with van der Waals surface area (Å²) in [5, 5.41) is 35.7. The van der Waals surface area contributed by atoms with Crippen molar-refractivity contribution in [3.05, 3.63) is 35.4 Å². The van der Waals surface area contributed by atoms with Crippen LogP contribution in [0.5, 0.6) is 11.5 Å². The summed E-state index contributed by atoms with van der Waals surface area (Å²) in [6, 6.07) is 3.60. The molecule has 2 heterocycles. The molecule has 1 unspecified atom stereocenters. The van der Waals surface area contributed by atoms with Gasteiger partial charge in [-0.3, -0.25) is 0 Å². The second-order valence-electron chi connectivity index (χ2n) is 7.66. The molecule has 1 saturated carbocycles. The SMILES string of the molecule is Oc1ccc2c3c1O[C@H]1[C@@H](O)C=C[C@@]4(O)[C@@H]5NCC5(C2)C[C@]314. The van der Waals surface area contributed by atoms with Crippen molar-refractivity contribution in [1.82, 2.24) is 5.32 Å². The van der Waals surface area contributed by atoms with E-state index in [2.05, 4.69) is 5.32 Å². The minimum atomic E-state index is -1.07. The van der Waals surface area contributed by atoms with Crippen LogP contribution in [0.15, 0.2) is 24.3 Å². The summed E-state index contributed by atoms with van der Waals surface area (Å²) in [5.41, 5.74) is 0.365. The highest BCUT2D eigenvalue weighted by molar-refractivity contribution is 5.65. The maximum atomic E-state index is 11.6. The predicted molar refractivity (Wildman–Crippen MR) is 76.8 cm³/mol. The Bertz CT molecular complexity index is 776. The van der Waals surface area contributed by atoms with E-state index in [1.165, 1.54) is 0 Å². The number of benzene rings is 1. The molecule has 6 atom stereocenters. The fraction of sp³-hybridized carbons (Fsp3) is 0.529. The fourth-order valence-electron chi connectivity index (χ4n) is 6.15. The molecule has 0 aromatic heterocycles. The van der Waals surface area contributed by atoms with Crippen molar-refractivity contribution in [3.8, 4) is 11.5 Å². The molecule has 1 saturated heterocycles. The lowest BCUT2D eigenvalue weighted by Crippen LogP contribution is -2.70. The van der Waals surface area contributed by atoms with E-state index in [0.717, 1.165) is 30.5 Å². The lowest BCUT2D eigenvalue weighted by molar-refractivity contribution is -0.0788. The Labute approximate surface area is 127 Å². The average molecular weight is 299 g/mol. The third kappa shape index (κ3) is 0.889. The Morgan fingerprint density at radius 3 is 2.95 bits per heavy atom. The van der Waals surface area contributed by atoms with E-state index >= 15 is 0 Å². The second kappa shape index (κ2) is 3.07. The Morgan fingerprint density at radius 1 is 1.32 bits per heavy atom. The smallest absolute Gasteiger partial charge is 0.165 e. The van der Waals surface area contributed by atoms with Gasteiger partial charge in [0, 0.05) is 23.6 Å². The normalized spacial score (nSPS) is 51.8. The maximum Gasteiger partial charge on any atom is 0.165 e. The number of ether oxygens (including phenoxy) is 1. The maximum absolute atomic E-state index is 11.6. The van der Waals surface area contributed by atoms with Crippen molar-refractivity contribution < 1.29 is 20.1 Å². The van der Waals surface area contributed by atoms with Crippen LogP contribution in [-0.4, -0.2) is 45.7 Å². The van der Waals surface area contributed by atoms with Crippen LogP contribution in [0.25, 0.3) is 0 Å².